The first-order valence-electron chi connectivity index (χ1n) is 13.7. The van der Waals surface area contributed by atoms with Crippen LogP contribution in [0.4, 0.5) is 92.2 Å². The molecule has 6 rings (SSSR count). The van der Waals surface area contributed by atoms with Crippen LogP contribution in [0.25, 0.3) is 32.7 Å². The van der Waals surface area contributed by atoms with Crippen molar-refractivity contribution in [1.29, 1.82) is 0 Å². The molecule has 0 saturated heterocycles. The molecule has 0 unspecified atom stereocenters. The second kappa shape index (κ2) is 12.8. The second-order valence-electron chi connectivity index (χ2n) is 10.9. The van der Waals surface area contributed by atoms with E-state index in [-0.39, 0.29) is 12.1 Å². The minimum atomic E-state index is -4.02. The number of halogens is 21. The van der Waals surface area contributed by atoms with Gasteiger partial charge in [0, 0.05) is 10.9 Å². The molecule has 54 heavy (non-hydrogen) atoms. The molecule has 0 aliphatic heterocycles. The molecule has 0 spiro atoms. The zero-order chi connectivity index (χ0) is 40.3. The summed E-state index contributed by atoms with van der Waals surface area (Å²) in [6, 6.07) is -0.511. The first-order chi connectivity index (χ1) is 25.1. The lowest BCUT2D eigenvalue weighted by Gasteiger charge is -2.25. The van der Waals surface area contributed by atoms with E-state index < -0.39 is 178 Å². The summed E-state index contributed by atoms with van der Waals surface area (Å²) in [6.45, 7) is -4.02. The molecule has 0 aliphatic rings. The van der Waals surface area contributed by atoms with Crippen LogP contribution in [0.3, 0.4) is 0 Å². The van der Waals surface area contributed by atoms with Gasteiger partial charge < -0.3 is 0 Å². The predicted octanol–water partition coefficient (Wildman–Crippen LogP) is 9.10. The van der Waals surface area contributed by atoms with Gasteiger partial charge in [-0.05, 0) is 22.5 Å². The van der Waals surface area contributed by atoms with E-state index in [1.807, 2.05) is 0 Å². The molecule has 22 heteroatoms. The second-order valence-corrected chi connectivity index (χ2v) is 10.9. The van der Waals surface area contributed by atoms with Crippen LogP contribution in [-0.4, -0.2) is 6.71 Å². The third kappa shape index (κ3) is 4.93. The van der Waals surface area contributed by atoms with Crippen molar-refractivity contribution in [1.82, 2.24) is 0 Å². The van der Waals surface area contributed by atoms with Crippen LogP contribution in [0, 0.1) is 122 Å². The zero-order valence-corrected chi connectivity index (χ0v) is 24.7. The van der Waals surface area contributed by atoms with E-state index in [0.29, 0.717) is 0 Å². The van der Waals surface area contributed by atoms with Gasteiger partial charge in [-0.15, -0.1) is 0 Å². The zero-order valence-electron chi connectivity index (χ0n) is 24.7. The van der Waals surface area contributed by atoms with Crippen LogP contribution in [0.1, 0.15) is 0 Å². The molecule has 0 bridgehead atoms. The van der Waals surface area contributed by atoms with Crippen LogP contribution < -0.4 is 16.4 Å². The molecular formula is C32H2BF21. The predicted molar refractivity (Wildman–Crippen MR) is 144 cm³/mol. The fourth-order valence-corrected chi connectivity index (χ4v) is 5.89. The Hall–Kier alpha value is -5.57. The Balaban J connectivity index is 2.01. The summed E-state index contributed by atoms with van der Waals surface area (Å²) in [5.41, 5.74) is -13.3. The SMILES string of the molecule is Fc1ccc(B(c2c(F)c(F)c(F)c(F)c2-c2c(F)c(F)c(F)c(F)c2F)c2c(F)c(F)c(F)c3c(F)c4c(F)c(F)c(F)c(F)c4c(F)c23)c(F)c1F. The average Bonchev–Trinajstić information content (AvgIpc) is 3.14. The minimum Gasteiger partial charge on any atom is -0.206 e. The lowest BCUT2D eigenvalue weighted by Crippen LogP contribution is -2.58. The van der Waals surface area contributed by atoms with E-state index in [1.54, 1.807) is 0 Å². The summed E-state index contributed by atoms with van der Waals surface area (Å²) in [4.78, 5) is 0. The van der Waals surface area contributed by atoms with E-state index in [9.17, 15) is 48.3 Å². The molecule has 6 aromatic carbocycles. The summed E-state index contributed by atoms with van der Waals surface area (Å²) >= 11 is 0. The monoisotopic (exact) mass is 796 g/mol. The molecule has 280 valence electrons. The van der Waals surface area contributed by atoms with Crippen LogP contribution in [0.15, 0.2) is 12.1 Å². The van der Waals surface area contributed by atoms with Crippen molar-refractivity contribution in [3.8, 4) is 11.1 Å². The maximum atomic E-state index is 16.3. The van der Waals surface area contributed by atoms with Crippen molar-refractivity contribution in [3.63, 3.8) is 0 Å². The summed E-state index contributed by atoms with van der Waals surface area (Å²) in [5.74, 6) is -63.8. The largest absolute Gasteiger partial charge is 0.255 e. The van der Waals surface area contributed by atoms with Gasteiger partial charge in [-0.25, -0.2) is 92.2 Å². The molecule has 6 aromatic rings. The normalized spacial score (nSPS) is 11.8. The first kappa shape index (κ1) is 38.2. The minimum absolute atomic E-state index is 0.253. The van der Waals surface area contributed by atoms with Crippen molar-refractivity contribution in [2.75, 3.05) is 0 Å². The van der Waals surface area contributed by atoms with Gasteiger partial charge >= 0.3 is 0 Å². The Kier molecular flexibility index (Phi) is 9.04. The topological polar surface area (TPSA) is 0 Å². The molecule has 0 nitrogen and oxygen atoms in total. The highest BCUT2D eigenvalue weighted by Crippen LogP contribution is 2.40. The molecule has 0 heterocycles. The molecule has 0 radical (unpaired) electrons. The smallest absolute Gasteiger partial charge is 0.206 e. The highest BCUT2D eigenvalue weighted by Gasteiger charge is 2.44. The lowest BCUT2D eigenvalue weighted by atomic mass is 9.35. The number of fused-ring (bicyclic) bond motifs is 2. The van der Waals surface area contributed by atoms with Gasteiger partial charge in [0.1, 0.15) is 11.6 Å². The van der Waals surface area contributed by atoms with E-state index >= 15 is 43.9 Å². The van der Waals surface area contributed by atoms with Crippen molar-refractivity contribution >= 4 is 44.6 Å². The fraction of sp³-hybridized carbons (Fsp3) is 0. The third-order valence-corrected chi connectivity index (χ3v) is 8.22. The molecule has 0 N–H and O–H groups in total. The Morgan fingerprint density at radius 3 is 1.06 bits per heavy atom. The van der Waals surface area contributed by atoms with Crippen molar-refractivity contribution in [3.05, 3.63) is 134 Å². The number of hydrogen-bond donors (Lipinski definition) is 0. The molecule has 0 atom stereocenters. The molecular weight excluding hydrogens is 794 g/mol. The van der Waals surface area contributed by atoms with Crippen LogP contribution in [0.5, 0.6) is 0 Å². The van der Waals surface area contributed by atoms with Gasteiger partial charge in [0.25, 0.3) is 6.71 Å². The fourth-order valence-electron chi connectivity index (χ4n) is 5.89. The van der Waals surface area contributed by atoms with Crippen LogP contribution in [0.2, 0.25) is 0 Å². The van der Waals surface area contributed by atoms with Crippen molar-refractivity contribution < 1.29 is 92.2 Å². The maximum absolute atomic E-state index is 16.3. The van der Waals surface area contributed by atoms with E-state index in [0.717, 1.165) is 0 Å². The number of rotatable bonds is 4. The summed E-state index contributed by atoms with van der Waals surface area (Å²) in [7, 11) is 0. The first-order valence-corrected chi connectivity index (χ1v) is 13.7. The molecule has 0 fully saturated rings. The Morgan fingerprint density at radius 1 is 0.241 bits per heavy atom. The van der Waals surface area contributed by atoms with Gasteiger partial charge in [-0.2, -0.15) is 0 Å². The van der Waals surface area contributed by atoms with E-state index in [2.05, 4.69) is 0 Å². The average molecular weight is 796 g/mol. The summed E-state index contributed by atoms with van der Waals surface area (Å²) in [5, 5.41) is -10.0. The van der Waals surface area contributed by atoms with Gasteiger partial charge in [0.15, 0.2) is 105 Å². The summed E-state index contributed by atoms with van der Waals surface area (Å²) in [6.07, 6.45) is 0. The van der Waals surface area contributed by atoms with Crippen LogP contribution in [-0.2, 0) is 0 Å². The molecule has 0 saturated carbocycles. The quantitative estimate of drug-likeness (QED) is 0.0550. The van der Waals surface area contributed by atoms with Gasteiger partial charge in [-0.3, -0.25) is 0 Å². The Labute approximate surface area is 282 Å². The molecule has 0 amide bonds. The third-order valence-electron chi connectivity index (χ3n) is 8.22. The lowest BCUT2D eigenvalue weighted by molar-refractivity contribution is 0.379. The number of hydrogen-bond acceptors (Lipinski definition) is 0. The standard InChI is InChI=1S/C32H2BF21/c34-4-2-1-3(13(35)14(4)36)33(12-6(17(39)26(48)31(53)24(12)46)8-19(41)29(51)32(54)30(52)20(8)42)11-5-7(18(40)25(47)23(11)45)16(38)10-9(15(5)37)21(43)27(49)28(50)22(10)44/h1-2H. The van der Waals surface area contributed by atoms with Crippen molar-refractivity contribution in [2.24, 2.45) is 0 Å². The highest BCUT2D eigenvalue weighted by atomic mass is 19.2. The Bertz CT molecular complexity index is 2660. The molecule has 0 aliphatic carbocycles. The van der Waals surface area contributed by atoms with Gasteiger partial charge in [-0.1, -0.05) is 6.07 Å². The maximum Gasteiger partial charge on any atom is 0.255 e. The number of benzene rings is 6. The molecule has 0 aromatic heterocycles. The van der Waals surface area contributed by atoms with Gasteiger partial charge in [0.05, 0.1) is 21.7 Å². The van der Waals surface area contributed by atoms with E-state index in [4.69, 9.17) is 0 Å². The van der Waals surface area contributed by atoms with Gasteiger partial charge in [0.2, 0.25) is 5.82 Å². The van der Waals surface area contributed by atoms with Crippen molar-refractivity contribution in [2.45, 2.75) is 0 Å². The highest BCUT2D eigenvalue weighted by molar-refractivity contribution is 6.97. The Morgan fingerprint density at radius 2 is 0.574 bits per heavy atom. The summed E-state index contributed by atoms with van der Waals surface area (Å²) < 4.78 is 315. The van der Waals surface area contributed by atoms with Crippen LogP contribution >= 0.6 is 0 Å². The van der Waals surface area contributed by atoms with E-state index in [1.165, 1.54) is 0 Å².